The zero-order valence-corrected chi connectivity index (χ0v) is 16.4. The highest BCUT2D eigenvalue weighted by molar-refractivity contribution is 5.95. The van der Waals surface area contributed by atoms with Crippen LogP contribution in [0.1, 0.15) is 51.8 Å². The number of rotatable bonds is 4. The lowest BCUT2D eigenvalue weighted by molar-refractivity contribution is -0.146. The molecular formula is C20H28N2O5. The molecule has 0 saturated carbocycles. The van der Waals surface area contributed by atoms with E-state index in [1.54, 1.807) is 45.0 Å². The molecule has 0 spiro atoms. The van der Waals surface area contributed by atoms with Crippen molar-refractivity contribution in [3.8, 4) is 0 Å². The molecule has 1 amide bonds. The summed E-state index contributed by atoms with van der Waals surface area (Å²) in [5, 5.41) is 9.74. The molecule has 148 valence electrons. The molecule has 1 aromatic rings. The van der Waals surface area contributed by atoms with Gasteiger partial charge in [0.2, 0.25) is 0 Å². The van der Waals surface area contributed by atoms with Crippen LogP contribution >= 0.6 is 0 Å². The van der Waals surface area contributed by atoms with E-state index in [1.807, 2.05) is 13.8 Å². The van der Waals surface area contributed by atoms with Crippen LogP contribution in [-0.4, -0.2) is 45.5 Å². The van der Waals surface area contributed by atoms with Crippen LogP contribution in [0.2, 0.25) is 0 Å². The van der Waals surface area contributed by atoms with Crippen LogP contribution in [0.4, 0.5) is 4.79 Å². The average Bonchev–Trinajstić information content (AvgIpc) is 2.56. The molecule has 0 aliphatic carbocycles. The number of carbonyl (C=O) groups is 3. The lowest BCUT2D eigenvalue weighted by atomic mass is 9.83. The second-order valence-corrected chi connectivity index (χ2v) is 8.22. The molecule has 0 saturated heterocycles. The van der Waals surface area contributed by atoms with E-state index in [4.69, 9.17) is 10.5 Å². The molecule has 7 heteroatoms. The molecule has 1 heterocycles. The first-order valence-electron chi connectivity index (χ1n) is 9.05. The fraction of sp³-hybridized carbons (Fsp3) is 0.550. The summed E-state index contributed by atoms with van der Waals surface area (Å²) >= 11 is 0. The second kappa shape index (κ2) is 7.68. The van der Waals surface area contributed by atoms with Crippen LogP contribution in [0.5, 0.6) is 0 Å². The Labute approximate surface area is 159 Å². The van der Waals surface area contributed by atoms with Crippen molar-refractivity contribution < 1.29 is 24.2 Å². The topological polar surface area (TPSA) is 110 Å². The Balaban J connectivity index is 2.60. The van der Waals surface area contributed by atoms with Crippen molar-refractivity contribution in [1.82, 2.24) is 4.90 Å². The van der Waals surface area contributed by atoms with Gasteiger partial charge < -0.3 is 15.6 Å². The molecule has 0 bridgehead atoms. The Morgan fingerprint density at radius 3 is 2.33 bits per heavy atom. The van der Waals surface area contributed by atoms with Crippen LogP contribution in [-0.2, 0) is 20.7 Å². The van der Waals surface area contributed by atoms with Crippen molar-refractivity contribution in [2.24, 2.45) is 11.7 Å². The molecular weight excluding hydrogens is 348 g/mol. The maximum absolute atomic E-state index is 13.2. The van der Waals surface area contributed by atoms with Gasteiger partial charge in [-0.05, 0) is 37.8 Å². The Morgan fingerprint density at radius 2 is 1.81 bits per heavy atom. The van der Waals surface area contributed by atoms with Gasteiger partial charge in [0.15, 0.2) is 5.78 Å². The van der Waals surface area contributed by atoms with E-state index in [2.05, 4.69) is 0 Å². The molecule has 3 atom stereocenters. The van der Waals surface area contributed by atoms with Gasteiger partial charge in [0.25, 0.3) is 0 Å². The monoisotopic (exact) mass is 376 g/mol. The number of hydrogen-bond acceptors (Lipinski definition) is 5. The zero-order chi connectivity index (χ0) is 20.5. The van der Waals surface area contributed by atoms with Crippen LogP contribution in [0.15, 0.2) is 24.3 Å². The van der Waals surface area contributed by atoms with Crippen molar-refractivity contribution in [3.63, 3.8) is 0 Å². The molecule has 0 fully saturated rings. The maximum atomic E-state index is 13.2. The minimum absolute atomic E-state index is 0.103. The fourth-order valence-electron chi connectivity index (χ4n) is 3.18. The molecule has 1 aromatic carbocycles. The van der Waals surface area contributed by atoms with Gasteiger partial charge in [-0.2, -0.15) is 0 Å². The molecule has 1 aliphatic heterocycles. The first-order valence-corrected chi connectivity index (χ1v) is 9.05. The first-order chi connectivity index (χ1) is 12.4. The van der Waals surface area contributed by atoms with Gasteiger partial charge in [0.05, 0.1) is 6.04 Å². The lowest BCUT2D eigenvalue weighted by Gasteiger charge is -2.41. The molecule has 2 unspecified atom stereocenters. The Bertz CT molecular complexity index is 738. The number of carboxylic acids is 1. The molecule has 0 radical (unpaired) electrons. The summed E-state index contributed by atoms with van der Waals surface area (Å²) in [4.78, 5) is 39.0. The summed E-state index contributed by atoms with van der Waals surface area (Å²) in [6.45, 7) is 8.69. The third-order valence-electron chi connectivity index (χ3n) is 4.58. The maximum Gasteiger partial charge on any atom is 0.411 e. The Hall–Kier alpha value is -2.41. The summed E-state index contributed by atoms with van der Waals surface area (Å²) in [5.74, 6) is -1.74. The van der Waals surface area contributed by atoms with Gasteiger partial charge in [0, 0.05) is 6.42 Å². The number of ether oxygens (including phenoxy) is 1. The minimum Gasteiger partial charge on any atom is -0.480 e. The van der Waals surface area contributed by atoms with Crippen LogP contribution < -0.4 is 5.73 Å². The number of Topliss-reactive ketones (excluding diaryl/α,β-unsaturated/α-hetero) is 1. The standard InChI is InChI=1S/C20H28N2O5/c1-11(2)15(21)17(23)16-13-9-7-6-8-12(13)10-14(18(24)25)22(16)19(26)27-20(3,4)5/h6-9,11,14-16H,10,21H2,1-5H3,(H,24,25)/t14?,15-,16?/m0/s1. The predicted molar refractivity (Wildman–Crippen MR) is 100 cm³/mol. The number of amides is 1. The molecule has 1 aliphatic rings. The van der Waals surface area contributed by atoms with Crippen molar-refractivity contribution >= 4 is 17.8 Å². The number of aliphatic carboxylic acids is 1. The van der Waals surface area contributed by atoms with E-state index in [9.17, 15) is 19.5 Å². The van der Waals surface area contributed by atoms with Crippen molar-refractivity contribution in [2.45, 2.75) is 64.8 Å². The smallest absolute Gasteiger partial charge is 0.411 e. The van der Waals surface area contributed by atoms with Crippen LogP contribution in [0, 0.1) is 5.92 Å². The number of fused-ring (bicyclic) bond motifs is 1. The highest BCUT2D eigenvalue weighted by atomic mass is 16.6. The largest absolute Gasteiger partial charge is 0.480 e. The van der Waals surface area contributed by atoms with E-state index in [0.717, 1.165) is 10.5 Å². The van der Waals surface area contributed by atoms with E-state index < -0.39 is 41.6 Å². The molecule has 27 heavy (non-hydrogen) atoms. The van der Waals surface area contributed by atoms with E-state index >= 15 is 0 Å². The number of carboxylic acid groups (broad SMARTS) is 1. The highest BCUT2D eigenvalue weighted by Gasteiger charge is 2.47. The third-order valence-corrected chi connectivity index (χ3v) is 4.58. The summed E-state index contributed by atoms with van der Waals surface area (Å²) < 4.78 is 5.42. The van der Waals surface area contributed by atoms with Crippen molar-refractivity contribution in [1.29, 1.82) is 0 Å². The summed E-state index contributed by atoms with van der Waals surface area (Å²) in [6, 6.07) is 3.92. The molecule has 7 nitrogen and oxygen atoms in total. The fourth-order valence-corrected chi connectivity index (χ4v) is 3.18. The van der Waals surface area contributed by atoms with E-state index in [1.165, 1.54) is 0 Å². The number of nitrogens with zero attached hydrogens (tertiary/aromatic N) is 1. The van der Waals surface area contributed by atoms with Gasteiger partial charge in [0.1, 0.15) is 17.7 Å². The molecule has 3 N–H and O–H groups in total. The lowest BCUT2D eigenvalue weighted by Crippen LogP contribution is -2.57. The average molecular weight is 376 g/mol. The summed E-state index contributed by atoms with van der Waals surface area (Å²) in [7, 11) is 0. The number of hydrogen-bond donors (Lipinski definition) is 2. The van der Waals surface area contributed by atoms with Gasteiger partial charge in [-0.25, -0.2) is 9.59 Å². The zero-order valence-electron chi connectivity index (χ0n) is 16.4. The third kappa shape index (κ3) is 4.47. The second-order valence-electron chi connectivity index (χ2n) is 8.22. The van der Waals surface area contributed by atoms with Crippen molar-refractivity contribution in [2.75, 3.05) is 0 Å². The van der Waals surface area contributed by atoms with Crippen LogP contribution in [0.3, 0.4) is 0 Å². The minimum atomic E-state index is -1.21. The van der Waals surface area contributed by atoms with E-state index in [-0.39, 0.29) is 12.3 Å². The van der Waals surface area contributed by atoms with Gasteiger partial charge in [-0.1, -0.05) is 38.1 Å². The van der Waals surface area contributed by atoms with E-state index in [0.29, 0.717) is 5.56 Å². The Morgan fingerprint density at radius 1 is 1.22 bits per heavy atom. The predicted octanol–water partition coefficient (Wildman–Crippen LogP) is 2.53. The van der Waals surface area contributed by atoms with Gasteiger partial charge in [-0.3, -0.25) is 9.69 Å². The number of benzene rings is 1. The van der Waals surface area contributed by atoms with Gasteiger partial charge >= 0.3 is 12.1 Å². The molecule has 0 aromatic heterocycles. The number of nitrogens with two attached hydrogens (primary N) is 1. The Kier molecular flexibility index (Phi) is 5.94. The summed E-state index contributed by atoms with van der Waals surface area (Å²) in [6.07, 6.45) is -0.732. The number of carbonyl (C=O) groups excluding carboxylic acids is 2. The number of ketones is 1. The van der Waals surface area contributed by atoms with Gasteiger partial charge in [-0.15, -0.1) is 0 Å². The SMILES string of the molecule is CC(C)[C@H](N)C(=O)C1c2ccccc2CC(C(=O)O)N1C(=O)OC(C)(C)C. The van der Waals surface area contributed by atoms with Crippen molar-refractivity contribution in [3.05, 3.63) is 35.4 Å². The highest BCUT2D eigenvalue weighted by Crippen LogP contribution is 2.36. The normalized spacial score (nSPS) is 20.8. The quantitative estimate of drug-likeness (QED) is 0.835. The first kappa shape index (κ1) is 20.9. The summed E-state index contributed by atoms with van der Waals surface area (Å²) in [5.41, 5.74) is 6.58. The van der Waals surface area contributed by atoms with Crippen LogP contribution in [0.25, 0.3) is 0 Å². The molecule has 2 rings (SSSR count).